The molecule has 2 unspecified atom stereocenters. The Bertz CT molecular complexity index is 333. The van der Waals surface area contributed by atoms with Gasteiger partial charge in [0.15, 0.2) is 0 Å². The molecule has 0 aromatic carbocycles. The van der Waals surface area contributed by atoms with Gasteiger partial charge in [0, 0.05) is 5.92 Å². The summed E-state index contributed by atoms with van der Waals surface area (Å²) in [5, 5.41) is 12.6. The third-order valence-electron chi connectivity index (χ3n) is 2.40. The Kier molecular flexibility index (Phi) is 1.61. The van der Waals surface area contributed by atoms with Crippen LogP contribution in [0.15, 0.2) is 0 Å². The van der Waals surface area contributed by atoms with Crippen LogP contribution in [0.1, 0.15) is 48.7 Å². The first-order valence-electron chi connectivity index (χ1n) is 4.29. The van der Waals surface area contributed by atoms with Crippen molar-refractivity contribution in [1.82, 2.24) is 14.8 Å². The molecule has 13 heavy (non-hydrogen) atoms. The molecule has 0 bridgehead atoms. The average Bonchev–Trinajstić information content (AvgIpc) is 2.55. The lowest BCUT2D eigenvalue weighted by molar-refractivity contribution is 0.0682. The van der Waals surface area contributed by atoms with Crippen LogP contribution >= 0.6 is 0 Å². The van der Waals surface area contributed by atoms with Crippen LogP contribution in [0.4, 0.5) is 0 Å². The van der Waals surface area contributed by atoms with Crippen LogP contribution in [0.25, 0.3) is 0 Å². The molecule has 1 aliphatic rings. The quantitative estimate of drug-likeness (QED) is 0.703. The van der Waals surface area contributed by atoms with E-state index in [2.05, 4.69) is 10.1 Å². The summed E-state index contributed by atoms with van der Waals surface area (Å²) in [6.45, 7) is 4.06. The topological polar surface area (TPSA) is 68.0 Å². The first-order chi connectivity index (χ1) is 6.09. The van der Waals surface area contributed by atoms with E-state index in [1.807, 2.05) is 13.8 Å². The lowest BCUT2D eigenvalue weighted by Crippen LogP contribution is -2.05. The van der Waals surface area contributed by atoms with E-state index >= 15 is 0 Å². The Hall–Kier alpha value is -1.39. The predicted octanol–water partition coefficient (Wildman–Crippen LogP) is 1.04. The molecule has 0 saturated carbocycles. The number of aromatic carboxylic acids is 1. The molecule has 2 heterocycles. The number of carboxylic acids is 1. The molecule has 0 saturated heterocycles. The number of hydrogen-bond acceptors (Lipinski definition) is 3. The second-order valence-corrected chi connectivity index (χ2v) is 3.53. The van der Waals surface area contributed by atoms with Crippen molar-refractivity contribution in [2.24, 2.45) is 0 Å². The molecule has 0 aliphatic carbocycles. The molecule has 0 fully saturated rings. The largest absolute Gasteiger partial charge is 0.475 e. The lowest BCUT2D eigenvalue weighted by Gasteiger charge is -2.01. The zero-order chi connectivity index (χ0) is 9.59. The van der Waals surface area contributed by atoms with E-state index in [4.69, 9.17) is 5.11 Å². The normalized spacial score (nSPS) is 26.0. The maximum Gasteiger partial charge on any atom is 0.375 e. The first-order valence-corrected chi connectivity index (χ1v) is 4.29. The monoisotopic (exact) mass is 181 g/mol. The van der Waals surface area contributed by atoms with Gasteiger partial charge in [-0.3, -0.25) is 0 Å². The minimum absolute atomic E-state index is 0.0894. The van der Waals surface area contributed by atoms with E-state index in [1.165, 1.54) is 0 Å². The van der Waals surface area contributed by atoms with Crippen molar-refractivity contribution in [3.8, 4) is 0 Å². The summed E-state index contributed by atoms with van der Waals surface area (Å²) in [5.41, 5.74) is 0. The molecule has 1 aromatic rings. The van der Waals surface area contributed by atoms with Gasteiger partial charge in [-0.15, -0.1) is 5.10 Å². The standard InChI is InChI=1S/C8H11N3O2/c1-4-3-5(2)11-7(4)9-6(10-11)8(12)13/h4-5H,3H2,1-2H3,(H,12,13). The fourth-order valence-electron chi connectivity index (χ4n) is 1.80. The summed E-state index contributed by atoms with van der Waals surface area (Å²) in [7, 11) is 0. The number of aromatic nitrogens is 3. The highest BCUT2D eigenvalue weighted by Gasteiger charge is 2.29. The molecule has 1 aromatic heterocycles. The smallest absolute Gasteiger partial charge is 0.375 e. The Morgan fingerprint density at radius 1 is 1.62 bits per heavy atom. The Morgan fingerprint density at radius 2 is 2.31 bits per heavy atom. The molecular formula is C8H11N3O2. The van der Waals surface area contributed by atoms with Gasteiger partial charge in [0.05, 0.1) is 6.04 Å². The summed E-state index contributed by atoms with van der Waals surface area (Å²) in [6, 6.07) is 0.269. The maximum absolute atomic E-state index is 10.6. The van der Waals surface area contributed by atoms with Crippen LogP contribution in [0.2, 0.25) is 0 Å². The maximum atomic E-state index is 10.6. The van der Waals surface area contributed by atoms with Crippen molar-refractivity contribution in [3.05, 3.63) is 11.6 Å². The molecule has 70 valence electrons. The van der Waals surface area contributed by atoms with Gasteiger partial charge in [-0.25, -0.2) is 14.5 Å². The van der Waals surface area contributed by atoms with E-state index in [9.17, 15) is 4.79 Å². The van der Waals surface area contributed by atoms with Gasteiger partial charge in [-0.2, -0.15) is 0 Å². The Labute approximate surface area is 75.4 Å². The molecule has 1 N–H and O–H groups in total. The molecule has 2 rings (SSSR count). The highest BCUT2D eigenvalue weighted by Crippen LogP contribution is 2.33. The van der Waals surface area contributed by atoms with Gasteiger partial charge < -0.3 is 5.11 Å². The van der Waals surface area contributed by atoms with Crippen molar-refractivity contribution < 1.29 is 9.90 Å². The van der Waals surface area contributed by atoms with E-state index < -0.39 is 5.97 Å². The summed E-state index contributed by atoms with van der Waals surface area (Å²) in [6.07, 6.45) is 0.995. The van der Waals surface area contributed by atoms with Crippen LogP contribution in [0.3, 0.4) is 0 Å². The first kappa shape index (κ1) is 8.22. The van der Waals surface area contributed by atoms with Crippen LogP contribution in [-0.4, -0.2) is 25.8 Å². The third kappa shape index (κ3) is 1.11. The molecule has 5 nitrogen and oxygen atoms in total. The highest BCUT2D eigenvalue weighted by molar-refractivity contribution is 5.82. The van der Waals surface area contributed by atoms with Gasteiger partial charge in [-0.05, 0) is 13.3 Å². The van der Waals surface area contributed by atoms with Gasteiger partial charge in [-0.1, -0.05) is 6.92 Å². The molecule has 0 amide bonds. The van der Waals surface area contributed by atoms with Crippen molar-refractivity contribution >= 4 is 5.97 Å². The van der Waals surface area contributed by atoms with Crippen LogP contribution in [0, 0.1) is 0 Å². The highest BCUT2D eigenvalue weighted by atomic mass is 16.4. The van der Waals surface area contributed by atoms with E-state index in [-0.39, 0.29) is 11.9 Å². The van der Waals surface area contributed by atoms with Crippen molar-refractivity contribution in [2.75, 3.05) is 0 Å². The van der Waals surface area contributed by atoms with Crippen molar-refractivity contribution in [3.63, 3.8) is 0 Å². The SMILES string of the molecule is CC1CC(C)n2nc(C(=O)O)nc21. The minimum Gasteiger partial charge on any atom is -0.475 e. The van der Waals surface area contributed by atoms with E-state index in [1.54, 1.807) is 4.68 Å². The van der Waals surface area contributed by atoms with Crippen molar-refractivity contribution in [1.29, 1.82) is 0 Å². The molecule has 0 radical (unpaired) electrons. The zero-order valence-corrected chi connectivity index (χ0v) is 7.56. The second kappa shape index (κ2) is 2.55. The van der Waals surface area contributed by atoms with Gasteiger partial charge in [0.1, 0.15) is 5.82 Å². The number of fused-ring (bicyclic) bond motifs is 1. The average molecular weight is 181 g/mol. The molecule has 1 aliphatic heterocycles. The predicted molar refractivity (Wildman–Crippen MR) is 44.7 cm³/mol. The fraction of sp³-hybridized carbons (Fsp3) is 0.625. The second-order valence-electron chi connectivity index (χ2n) is 3.53. The van der Waals surface area contributed by atoms with Crippen LogP contribution < -0.4 is 0 Å². The molecule has 0 spiro atoms. The molecule has 2 atom stereocenters. The Balaban J connectivity index is 2.46. The Morgan fingerprint density at radius 3 is 2.85 bits per heavy atom. The third-order valence-corrected chi connectivity index (χ3v) is 2.40. The number of carboxylic acid groups (broad SMARTS) is 1. The van der Waals surface area contributed by atoms with Gasteiger partial charge in [0.2, 0.25) is 0 Å². The van der Waals surface area contributed by atoms with E-state index in [0.717, 1.165) is 12.2 Å². The summed E-state index contributed by atoms with van der Waals surface area (Å²) in [5.74, 6) is -0.0322. The number of carbonyl (C=O) groups is 1. The number of hydrogen-bond donors (Lipinski definition) is 1. The van der Waals surface area contributed by atoms with Crippen molar-refractivity contribution in [2.45, 2.75) is 32.2 Å². The fourth-order valence-corrected chi connectivity index (χ4v) is 1.80. The lowest BCUT2D eigenvalue weighted by atomic mass is 10.1. The van der Waals surface area contributed by atoms with Crippen LogP contribution in [0.5, 0.6) is 0 Å². The molecular weight excluding hydrogens is 170 g/mol. The van der Waals surface area contributed by atoms with Gasteiger partial charge in [0.25, 0.3) is 5.82 Å². The summed E-state index contributed by atoms with van der Waals surface area (Å²) in [4.78, 5) is 14.6. The molecule has 5 heteroatoms. The number of rotatable bonds is 1. The summed E-state index contributed by atoms with van der Waals surface area (Å²) < 4.78 is 1.72. The van der Waals surface area contributed by atoms with Crippen LogP contribution in [-0.2, 0) is 0 Å². The summed E-state index contributed by atoms with van der Waals surface area (Å²) >= 11 is 0. The zero-order valence-electron chi connectivity index (χ0n) is 7.56. The van der Waals surface area contributed by atoms with Gasteiger partial charge >= 0.3 is 5.97 Å². The van der Waals surface area contributed by atoms with E-state index in [0.29, 0.717) is 5.92 Å². The number of nitrogens with zero attached hydrogens (tertiary/aromatic N) is 3. The minimum atomic E-state index is -1.05.